The van der Waals surface area contributed by atoms with Crippen molar-refractivity contribution in [2.75, 3.05) is 26.3 Å². The standard InChI is InChI=1S/C32H38FNO2/c1-22-6-10-25(11-7-22)29-5-2-4-27-19-28(32(35)36)14-15-30(27)31(29)26-12-8-23(9-13-26)18-24-20-34(21-24)17-3-16-33/h8-9,12-15,18-19,22,25H,2-7,10-11,16-17,20-21H2,1H3,(H,35,36). The zero-order chi connectivity index (χ0) is 25.1. The maximum atomic E-state index is 12.4. The van der Waals surface area contributed by atoms with Gasteiger partial charge in [-0.05, 0) is 95.9 Å². The van der Waals surface area contributed by atoms with Crippen LogP contribution in [0.3, 0.4) is 0 Å². The maximum absolute atomic E-state index is 12.4. The second kappa shape index (κ2) is 11.1. The summed E-state index contributed by atoms with van der Waals surface area (Å²) in [5, 5.41) is 9.57. The van der Waals surface area contributed by atoms with E-state index in [4.69, 9.17) is 0 Å². The van der Waals surface area contributed by atoms with Gasteiger partial charge in [0.2, 0.25) is 0 Å². The molecule has 1 N–H and O–H groups in total. The van der Waals surface area contributed by atoms with E-state index in [2.05, 4.69) is 48.2 Å². The van der Waals surface area contributed by atoms with Crippen LogP contribution in [0, 0.1) is 11.8 Å². The van der Waals surface area contributed by atoms with Crippen molar-refractivity contribution >= 4 is 17.6 Å². The van der Waals surface area contributed by atoms with Crippen LogP contribution in [0.15, 0.2) is 53.6 Å². The molecule has 1 saturated carbocycles. The molecule has 0 atom stereocenters. The Morgan fingerprint density at radius 1 is 1.06 bits per heavy atom. The predicted molar refractivity (Wildman–Crippen MR) is 145 cm³/mol. The number of fused-ring (bicyclic) bond motifs is 1. The first-order valence-electron chi connectivity index (χ1n) is 13.7. The molecule has 1 aliphatic heterocycles. The monoisotopic (exact) mass is 487 g/mol. The summed E-state index contributed by atoms with van der Waals surface area (Å²) >= 11 is 0. The van der Waals surface area contributed by atoms with E-state index in [9.17, 15) is 14.3 Å². The lowest BCUT2D eigenvalue weighted by atomic mass is 9.75. The highest BCUT2D eigenvalue weighted by Crippen LogP contribution is 2.43. The fourth-order valence-electron chi connectivity index (χ4n) is 6.35. The van der Waals surface area contributed by atoms with Gasteiger partial charge in [0.15, 0.2) is 0 Å². The molecule has 1 heterocycles. The Labute approximate surface area is 214 Å². The van der Waals surface area contributed by atoms with Gasteiger partial charge < -0.3 is 5.11 Å². The van der Waals surface area contributed by atoms with Gasteiger partial charge >= 0.3 is 5.97 Å². The van der Waals surface area contributed by atoms with Crippen LogP contribution >= 0.6 is 0 Å². The lowest BCUT2D eigenvalue weighted by molar-refractivity contribution is 0.0696. The van der Waals surface area contributed by atoms with Gasteiger partial charge in [-0.3, -0.25) is 9.29 Å². The van der Waals surface area contributed by atoms with Crippen molar-refractivity contribution in [2.45, 2.75) is 58.3 Å². The topological polar surface area (TPSA) is 40.5 Å². The minimum atomic E-state index is -0.856. The molecule has 2 aliphatic carbocycles. The average molecular weight is 488 g/mol. The van der Waals surface area contributed by atoms with Crippen molar-refractivity contribution in [3.63, 3.8) is 0 Å². The number of rotatable bonds is 7. The first-order chi connectivity index (χ1) is 17.5. The van der Waals surface area contributed by atoms with Crippen LogP contribution in [-0.4, -0.2) is 42.3 Å². The molecule has 4 heteroatoms. The number of carbonyl (C=O) groups is 1. The third-order valence-corrected chi connectivity index (χ3v) is 8.38. The van der Waals surface area contributed by atoms with Crippen LogP contribution in [0.25, 0.3) is 11.6 Å². The number of hydrogen-bond donors (Lipinski definition) is 1. The molecule has 190 valence electrons. The molecule has 0 unspecified atom stereocenters. The van der Waals surface area contributed by atoms with E-state index in [1.54, 1.807) is 11.6 Å². The highest BCUT2D eigenvalue weighted by molar-refractivity contribution is 5.90. The van der Waals surface area contributed by atoms with Crippen molar-refractivity contribution in [1.29, 1.82) is 0 Å². The molecule has 36 heavy (non-hydrogen) atoms. The Hall–Kier alpha value is -2.72. The molecule has 0 aromatic heterocycles. The van der Waals surface area contributed by atoms with Crippen LogP contribution < -0.4 is 0 Å². The molecule has 5 rings (SSSR count). The molecule has 2 aromatic carbocycles. The summed E-state index contributed by atoms with van der Waals surface area (Å²) in [5.41, 5.74) is 9.55. The molecule has 0 spiro atoms. The molecule has 2 fully saturated rings. The number of halogens is 1. The van der Waals surface area contributed by atoms with Crippen molar-refractivity contribution in [2.24, 2.45) is 11.8 Å². The molecular formula is C32H38FNO2. The Morgan fingerprint density at radius 2 is 1.81 bits per heavy atom. The average Bonchev–Trinajstić information content (AvgIpc) is 3.05. The Kier molecular flexibility index (Phi) is 7.71. The van der Waals surface area contributed by atoms with Gasteiger partial charge in [0.1, 0.15) is 0 Å². The number of allylic oxidation sites excluding steroid dienone is 1. The first kappa shape index (κ1) is 25.0. The quantitative estimate of drug-likeness (QED) is 0.442. The lowest BCUT2D eigenvalue weighted by Crippen LogP contribution is -2.40. The number of hydrogen-bond acceptors (Lipinski definition) is 2. The highest BCUT2D eigenvalue weighted by atomic mass is 19.1. The second-order valence-corrected chi connectivity index (χ2v) is 11.1. The smallest absolute Gasteiger partial charge is 0.335 e. The predicted octanol–water partition coefficient (Wildman–Crippen LogP) is 7.41. The molecule has 3 aliphatic rings. The number of likely N-dealkylation sites (tertiary alicyclic amines) is 1. The first-order valence-corrected chi connectivity index (χ1v) is 13.7. The number of aryl methyl sites for hydroxylation is 1. The lowest BCUT2D eigenvalue weighted by Gasteiger charge is -2.33. The van der Waals surface area contributed by atoms with Crippen LogP contribution in [0.4, 0.5) is 4.39 Å². The van der Waals surface area contributed by atoms with Crippen LogP contribution in [0.5, 0.6) is 0 Å². The van der Waals surface area contributed by atoms with E-state index >= 15 is 0 Å². The van der Waals surface area contributed by atoms with Crippen LogP contribution in [0.1, 0.15) is 84.5 Å². The van der Waals surface area contributed by atoms with Crippen molar-refractivity contribution < 1.29 is 14.3 Å². The minimum absolute atomic E-state index is 0.241. The van der Waals surface area contributed by atoms with E-state index in [1.807, 2.05) is 6.07 Å². The summed E-state index contributed by atoms with van der Waals surface area (Å²) in [5.74, 6) is 0.576. The molecule has 3 nitrogen and oxygen atoms in total. The number of nitrogens with zero attached hydrogens (tertiary/aromatic N) is 1. The molecule has 0 amide bonds. The van der Waals surface area contributed by atoms with Crippen LogP contribution in [0.2, 0.25) is 0 Å². The summed E-state index contributed by atoms with van der Waals surface area (Å²) in [4.78, 5) is 13.9. The molecule has 2 aromatic rings. The van der Waals surface area contributed by atoms with Gasteiger partial charge in [-0.25, -0.2) is 4.79 Å². The highest BCUT2D eigenvalue weighted by Gasteiger charge is 2.28. The fourth-order valence-corrected chi connectivity index (χ4v) is 6.35. The normalized spacial score (nSPS) is 22.6. The number of alkyl halides is 1. The van der Waals surface area contributed by atoms with E-state index in [1.165, 1.54) is 53.5 Å². The summed E-state index contributed by atoms with van der Waals surface area (Å²) in [6.07, 6.45) is 11.1. The van der Waals surface area contributed by atoms with Crippen molar-refractivity contribution in [3.05, 3.63) is 81.4 Å². The number of carboxylic acids is 1. The molecular weight excluding hydrogens is 449 g/mol. The summed E-state index contributed by atoms with van der Waals surface area (Å²) in [7, 11) is 0. The van der Waals surface area contributed by atoms with Gasteiger partial charge in [0.25, 0.3) is 0 Å². The number of carboxylic acid groups (broad SMARTS) is 1. The summed E-state index contributed by atoms with van der Waals surface area (Å²) in [6.45, 7) is 4.85. The summed E-state index contributed by atoms with van der Waals surface area (Å²) < 4.78 is 12.4. The van der Waals surface area contributed by atoms with Crippen molar-refractivity contribution in [1.82, 2.24) is 4.90 Å². The Bertz CT molecular complexity index is 1150. The van der Waals surface area contributed by atoms with Gasteiger partial charge in [0, 0.05) is 19.6 Å². The SMILES string of the molecule is CC1CCC(C2=C(c3ccc(C=C4CN(CCCF)C4)cc3)c3ccc(C(=O)O)cc3CCC2)CC1. The van der Waals surface area contributed by atoms with Gasteiger partial charge in [-0.2, -0.15) is 0 Å². The van der Waals surface area contributed by atoms with E-state index in [0.717, 1.165) is 50.4 Å². The Morgan fingerprint density at radius 3 is 2.50 bits per heavy atom. The number of benzene rings is 2. The fraction of sp³-hybridized carbons (Fsp3) is 0.469. The molecule has 0 radical (unpaired) electrons. The van der Waals surface area contributed by atoms with Gasteiger partial charge in [-0.1, -0.05) is 61.7 Å². The van der Waals surface area contributed by atoms with Gasteiger partial charge in [-0.15, -0.1) is 0 Å². The van der Waals surface area contributed by atoms with Crippen molar-refractivity contribution in [3.8, 4) is 0 Å². The molecule has 1 saturated heterocycles. The van der Waals surface area contributed by atoms with Crippen LogP contribution in [-0.2, 0) is 6.42 Å². The number of aromatic carboxylic acids is 1. The zero-order valence-electron chi connectivity index (χ0n) is 21.4. The van der Waals surface area contributed by atoms with E-state index in [0.29, 0.717) is 17.9 Å². The Balaban J connectivity index is 1.47. The maximum Gasteiger partial charge on any atom is 0.335 e. The van der Waals surface area contributed by atoms with Gasteiger partial charge in [0.05, 0.1) is 12.2 Å². The third-order valence-electron chi connectivity index (χ3n) is 8.38. The molecule has 0 bridgehead atoms. The third kappa shape index (κ3) is 5.49. The van der Waals surface area contributed by atoms with E-state index < -0.39 is 5.97 Å². The zero-order valence-corrected chi connectivity index (χ0v) is 21.4. The largest absolute Gasteiger partial charge is 0.478 e. The second-order valence-electron chi connectivity index (χ2n) is 11.1. The van der Waals surface area contributed by atoms with E-state index in [-0.39, 0.29) is 6.67 Å². The summed E-state index contributed by atoms with van der Waals surface area (Å²) in [6, 6.07) is 14.7. The minimum Gasteiger partial charge on any atom is -0.478 e.